The molecule has 0 aliphatic heterocycles. The number of benzene rings is 2. The number of rotatable bonds is 5. The fraction of sp³-hybridized carbons (Fsp3) is 0.125. The summed E-state index contributed by atoms with van der Waals surface area (Å²) in [7, 11) is 0. The molecule has 2 aromatic rings. The van der Waals surface area contributed by atoms with Crippen molar-refractivity contribution in [1.29, 1.82) is 5.41 Å². The second kappa shape index (κ2) is 6.56. The Bertz CT molecular complexity index is 651. The van der Waals surface area contributed by atoms with Crippen LogP contribution in [0.25, 0.3) is 0 Å². The Morgan fingerprint density at radius 3 is 2.57 bits per heavy atom. The van der Waals surface area contributed by atoms with E-state index in [1.165, 1.54) is 6.92 Å². The monoisotopic (exact) mass is 283 g/mol. The molecule has 0 aliphatic carbocycles. The molecule has 21 heavy (non-hydrogen) atoms. The average molecular weight is 283 g/mol. The molecule has 0 aliphatic rings. The predicted octanol–water partition coefficient (Wildman–Crippen LogP) is 2.51. The number of nitrogen functional groups attached to an aromatic ring is 1. The van der Waals surface area contributed by atoms with Crippen molar-refractivity contribution in [2.75, 3.05) is 5.32 Å². The van der Waals surface area contributed by atoms with Gasteiger partial charge in [-0.15, -0.1) is 0 Å². The van der Waals surface area contributed by atoms with Crippen molar-refractivity contribution in [2.45, 2.75) is 13.5 Å². The number of hydrogen-bond acceptors (Lipinski definition) is 3. The Hall–Kier alpha value is -2.82. The van der Waals surface area contributed by atoms with Gasteiger partial charge in [-0.25, -0.2) is 0 Å². The van der Waals surface area contributed by atoms with Gasteiger partial charge in [0.2, 0.25) is 5.91 Å². The highest BCUT2D eigenvalue weighted by atomic mass is 16.5. The van der Waals surface area contributed by atoms with Crippen LogP contribution in [-0.2, 0) is 11.4 Å². The molecule has 0 saturated heterocycles. The molecule has 2 aromatic carbocycles. The van der Waals surface area contributed by atoms with Crippen LogP contribution in [0.2, 0.25) is 0 Å². The van der Waals surface area contributed by atoms with Crippen LogP contribution in [0, 0.1) is 5.41 Å². The average Bonchev–Trinajstić information content (AvgIpc) is 2.46. The molecule has 0 radical (unpaired) electrons. The van der Waals surface area contributed by atoms with Gasteiger partial charge in [0.1, 0.15) is 18.2 Å². The van der Waals surface area contributed by atoms with Crippen molar-refractivity contribution in [3.8, 4) is 5.75 Å². The zero-order valence-corrected chi connectivity index (χ0v) is 11.7. The largest absolute Gasteiger partial charge is 0.489 e. The Kier molecular flexibility index (Phi) is 4.56. The first-order valence-corrected chi connectivity index (χ1v) is 6.48. The number of hydrogen-bond donors (Lipinski definition) is 3. The molecule has 0 unspecified atom stereocenters. The topological polar surface area (TPSA) is 88.2 Å². The Morgan fingerprint density at radius 2 is 1.95 bits per heavy atom. The van der Waals surface area contributed by atoms with Gasteiger partial charge in [0.05, 0.1) is 0 Å². The second-order valence-corrected chi connectivity index (χ2v) is 4.61. The van der Waals surface area contributed by atoms with Crippen molar-refractivity contribution >= 4 is 17.4 Å². The number of amides is 1. The van der Waals surface area contributed by atoms with Crippen molar-refractivity contribution in [3.05, 3.63) is 59.7 Å². The van der Waals surface area contributed by atoms with E-state index in [0.717, 1.165) is 11.3 Å². The summed E-state index contributed by atoms with van der Waals surface area (Å²) in [6, 6.07) is 14.5. The zero-order valence-electron chi connectivity index (χ0n) is 11.7. The maximum atomic E-state index is 10.9. The summed E-state index contributed by atoms with van der Waals surface area (Å²) in [4.78, 5) is 10.9. The van der Waals surface area contributed by atoms with Crippen molar-refractivity contribution < 1.29 is 9.53 Å². The number of nitrogens with two attached hydrogens (primary N) is 1. The quantitative estimate of drug-likeness (QED) is 0.582. The molecule has 4 N–H and O–H groups in total. The molecule has 5 heteroatoms. The van der Waals surface area contributed by atoms with E-state index in [1.54, 1.807) is 30.3 Å². The third-order valence-corrected chi connectivity index (χ3v) is 2.82. The Balaban J connectivity index is 1.98. The van der Waals surface area contributed by atoms with E-state index in [1.807, 2.05) is 18.2 Å². The molecular formula is C16H17N3O2. The summed E-state index contributed by atoms with van der Waals surface area (Å²) in [5, 5.41) is 10.1. The second-order valence-electron chi connectivity index (χ2n) is 4.61. The van der Waals surface area contributed by atoms with Crippen LogP contribution in [0.1, 0.15) is 18.1 Å². The molecule has 0 atom stereocenters. The van der Waals surface area contributed by atoms with Gasteiger partial charge in [-0.1, -0.05) is 18.2 Å². The van der Waals surface area contributed by atoms with Gasteiger partial charge in [0.15, 0.2) is 0 Å². The Morgan fingerprint density at radius 1 is 1.24 bits per heavy atom. The van der Waals surface area contributed by atoms with E-state index in [2.05, 4.69) is 5.32 Å². The molecule has 0 fully saturated rings. The maximum absolute atomic E-state index is 10.9. The highest BCUT2D eigenvalue weighted by molar-refractivity contribution is 5.95. The Labute approximate surface area is 123 Å². The lowest BCUT2D eigenvalue weighted by Crippen LogP contribution is -2.11. The van der Waals surface area contributed by atoms with Crippen LogP contribution >= 0.6 is 0 Å². The lowest BCUT2D eigenvalue weighted by atomic mass is 10.1. The summed E-state index contributed by atoms with van der Waals surface area (Å²) < 4.78 is 5.66. The van der Waals surface area contributed by atoms with Crippen LogP contribution in [-0.4, -0.2) is 11.7 Å². The van der Waals surface area contributed by atoms with Gasteiger partial charge in [-0.05, 0) is 35.9 Å². The van der Waals surface area contributed by atoms with E-state index in [4.69, 9.17) is 15.9 Å². The van der Waals surface area contributed by atoms with Crippen molar-refractivity contribution in [3.63, 3.8) is 0 Å². The molecule has 5 nitrogen and oxygen atoms in total. The molecule has 0 spiro atoms. The highest BCUT2D eigenvalue weighted by Crippen LogP contribution is 2.17. The first-order chi connectivity index (χ1) is 10.0. The van der Waals surface area contributed by atoms with Crippen LogP contribution in [0.15, 0.2) is 48.5 Å². The van der Waals surface area contributed by atoms with Crippen molar-refractivity contribution in [2.24, 2.45) is 5.73 Å². The van der Waals surface area contributed by atoms with Gasteiger partial charge in [0.25, 0.3) is 0 Å². The SMILES string of the molecule is CC(=O)Nc1ccc(OCc2cccc(C(=N)N)c2)cc1. The van der Waals surface area contributed by atoms with Gasteiger partial charge >= 0.3 is 0 Å². The normalized spacial score (nSPS) is 9.95. The summed E-state index contributed by atoms with van der Waals surface area (Å²) in [6.07, 6.45) is 0. The van der Waals surface area contributed by atoms with Gasteiger partial charge in [0, 0.05) is 18.2 Å². The molecule has 1 amide bonds. The molecule has 0 heterocycles. The number of carbonyl (C=O) groups excluding carboxylic acids is 1. The molecule has 0 aromatic heterocycles. The number of carbonyl (C=O) groups is 1. The first kappa shape index (κ1) is 14.6. The van der Waals surface area contributed by atoms with E-state index >= 15 is 0 Å². The smallest absolute Gasteiger partial charge is 0.221 e. The van der Waals surface area contributed by atoms with Gasteiger partial charge in [-0.2, -0.15) is 0 Å². The molecule has 0 saturated carbocycles. The summed E-state index contributed by atoms with van der Waals surface area (Å²) in [6.45, 7) is 1.85. The van der Waals surface area contributed by atoms with E-state index < -0.39 is 0 Å². The van der Waals surface area contributed by atoms with Gasteiger partial charge < -0.3 is 15.8 Å². The third kappa shape index (κ3) is 4.35. The molecule has 2 rings (SSSR count). The summed E-state index contributed by atoms with van der Waals surface area (Å²) in [5.74, 6) is 0.638. The first-order valence-electron chi connectivity index (χ1n) is 6.48. The van der Waals surface area contributed by atoms with Crippen LogP contribution < -0.4 is 15.8 Å². The van der Waals surface area contributed by atoms with E-state index in [9.17, 15) is 4.79 Å². The minimum absolute atomic E-state index is 0.0384. The number of amidine groups is 1. The fourth-order valence-electron chi connectivity index (χ4n) is 1.83. The molecular weight excluding hydrogens is 266 g/mol. The number of nitrogens with one attached hydrogen (secondary N) is 2. The van der Waals surface area contributed by atoms with Crippen LogP contribution in [0.3, 0.4) is 0 Å². The van der Waals surface area contributed by atoms with Crippen LogP contribution in [0.5, 0.6) is 5.75 Å². The van der Waals surface area contributed by atoms with Crippen LogP contribution in [0.4, 0.5) is 5.69 Å². The number of ether oxygens (including phenoxy) is 1. The molecule has 0 bridgehead atoms. The summed E-state index contributed by atoms with van der Waals surface area (Å²) >= 11 is 0. The fourth-order valence-corrected chi connectivity index (χ4v) is 1.83. The number of anilines is 1. The minimum Gasteiger partial charge on any atom is -0.489 e. The van der Waals surface area contributed by atoms with Crippen molar-refractivity contribution in [1.82, 2.24) is 0 Å². The van der Waals surface area contributed by atoms with E-state index in [-0.39, 0.29) is 11.7 Å². The predicted molar refractivity (Wildman–Crippen MR) is 82.5 cm³/mol. The highest BCUT2D eigenvalue weighted by Gasteiger charge is 2.01. The zero-order chi connectivity index (χ0) is 15.2. The van der Waals surface area contributed by atoms with E-state index in [0.29, 0.717) is 17.9 Å². The minimum atomic E-state index is -0.107. The maximum Gasteiger partial charge on any atom is 0.221 e. The summed E-state index contributed by atoms with van der Waals surface area (Å²) in [5.41, 5.74) is 7.80. The third-order valence-electron chi connectivity index (χ3n) is 2.82. The van der Waals surface area contributed by atoms with Gasteiger partial charge in [-0.3, -0.25) is 10.2 Å². The molecule has 108 valence electrons. The lowest BCUT2D eigenvalue weighted by Gasteiger charge is -2.08. The standard InChI is InChI=1S/C16H17N3O2/c1-11(20)19-14-5-7-15(8-6-14)21-10-12-3-2-4-13(9-12)16(17)18/h2-9H,10H2,1H3,(H3,17,18)(H,19,20). The lowest BCUT2D eigenvalue weighted by molar-refractivity contribution is -0.114.